The first-order chi connectivity index (χ1) is 6.02. The fraction of sp³-hybridized carbons (Fsp3) is 0.778. The highest BCUT2D eigenvalue weighted by molar-refractivity contribution is 5.96. The highest BCUT2D eigenvalue weighted by atomic mass is 16.7. The zero-order valence-corrected chi connectivity index (χ0v) is 8.12. The lowest BCUT2D eigenvalue weighted by Gasteiger charge is -2.34. The van der Waals surface area contributed by atoms with Gasteiger partial charge in [-0.2, -0.15) is 0 Å². The molecule has 0 amide bonds. The van der Waals surface area contributed by atoms with Gasteiger partial charge in [0.1, 0.15) is 0 Å². The normalized spacial score (nSPS) is 33.9. The maximum Gasteiger partial charge on any atom is 0.323 e. The lowest BCUT2D eigenvalue weighted by atomic mass is 10.1. The largest absolute Gasteiger partial charge is 0.422 e. The molecule has 1 fully saturated rings. The molecular formula is C9H14O4. The maximum atomic E-state index is 11.3. The van der Waals surface area contributed by atoms with Gasteiger partial charge in [0.05, 0.1) is 0 Å². The molecule has 1 aliphatic heterocycles. The molecule has 1 heterocycles. The van der Waals surface area contributed by atoms with Gasteiger partial charge in [0.15, 0.2) is 5.92 Å². The number of carbonyl (C=O) groups excluding carboxylic acids is 2. The molecule has 0 aromatic carbocycles. The summed E-state index contributed by atoms with van der Waals surface area (Å²) >= 11 is 0. The van der Waals surface area contributed by atoms with E-state index in [4.69, 9.17) is 9.47 Å². The number of carbonyl (C=O) groups is 2. The Kier molecular flexibility index (Phi) is 2.59. The van der Waals surface area contributed by atoms with Crippen molar-refractivity contribution in [2.45, 2.75) is 39.4 Å². The van der Waals surface area contributed by atoms with Crippen LogP contribution in [-0.4, -0.2) is 17.7 Å². The summed E-state index contributed by atoms with van der Waals surface area (Å²) in [6.45, 7) is 5.14. The molecule has 0 spiro atoms. The van der Waals surface area contributed by atoms with Crippen molar-refractivity contribution < 1.29 is 19.1 Å². The van der Waals surface area contributed by atoms with Crippen molar-refractivity contribution in [3.05, 3.63) is 0 Å². The van der Waals surface area contributed by atoms with Gasteiger partial charge >= 0.3 is 11.9 Å². The first kappa shape index (κ1) is 10.0. The van der Waals surface area contributed by atoms with E-state index in [0.29, 0.717) is 12.8 Å². The van der Waals surface area contributed by atoms with Crippen LogP contribution in [0.5, 0.6) is 0 Å². The Morgan fingerprint density at radius 2 is 1.69 bits per heavy atom. The van der Waals surface area contributed by atoms with Crippen LogP contribution < -0.4 is 0 Å². The second-order valence-electron chi connectivity index (χ2n) is 3.29. The number of ether oxygens (including phenoxy) is 2. The van der Waals surface area contributed by atoms with Gasteiger partial charge in [-0.1, -0.05) is 13.8 Å². The number of cyclic esters (lactones) is 2. The number of hydrogen-bond acceptors (Lipinski definition) is 4. The van der Waals surface area contributed by atoms with Crippen molar-refractivity contribution in [2.24, 2.45) is 5.92 Å². The van der Waals surface area contributed by atoms with E-state index >= 15 is 0 Å². The Morgan fingerprint density at radius 1 is 1.23 bits per heavy atom. The van der Waals surface area contributed by atoms with E-state index in [2.05, 4.69) is 0 Å². The summed E-state index contributed by atoms with van der Waals surface area (Å²) < 4.78 is 10.0. The average Bonchev–Trinajstić information content (AvgIpc) is 2.03. The van der Waals surface area contributed by atoms with Crippen LogP contribution >= 0.6 is 0 Å². The Balaban J connectivity index is 2.78. The molecule has 0 radical (unpaired) electrons. The molecule has 1 rings (SSSR count). The molecule has 0 N–H and O–H groups in total. The zero-order chi connectivity index (χ0) is 10.1. The third kappa shape index (κ3) is 1.82. The third-order valence-electron chi connectivity index (χ3n) is 2.25. The van der Waals surface area contributed by atoms with Crippen molar-refractivity contribution in [3.8, 4) is 0 Å². The molecular weight excluding hydrogens is 172 g/mol. The molecule has 0 unspecified atom stereocenters. The standard InChI is InChI=1S/C9H14O4/c1-4-6-7(10)12-9(3,5-2)13-8(6)11/h6H,4-5H2,1-3H3. The Labute approximate surface area is 77.2 Å². The first-order valence-corrected chi connectivity index (χ1v) is 4.48. The minimum atomic E-state index is -1.06. The smallest absolute Gasteiger partial charge is 0.323 e. The Morgan fingerprint density at radius 3 is 2.00 bits per heavy atom. The second kappa shape index (κ2) is 3.36. The monoisotopic (exact) mass is 186 g/mol. The van der Waals surface area contributed by atoms with Gasteiger partial charge in [0.2, 0.25) is 0 Å². The van der Waals surface area contributed by atoms with E-state index in [-0.39, 0.29) is 0 Å². The van der Waals surface area contributed by atoms with Gasteiger partial charge in [-0.3, -0.25) is 9.59 Å². The molecule has 4 heteroatoms. The molecule has 0 aromatic rings. The molecule has 1 saturated heterocycles. The van der Waals surface area contributed by atoms with Crippen LogP contribution in [0.15, 0.2) is 0 Å². The first-order valence-electron chi connectivity index (χ1n) is 4.48. The van der Waals surface area contributed by atoms with E-state index in [9.17, 15) is 9.59 Å². The molecule has 0 bridgehead atoms. The third-order valence-corrected chi connectivity index (χ3v) is 2.25. The van der Waals surface area contributed by atoms with Gasteiger partial charge in [-0.25, -0.2) is 0 Å². The lowest BCUT2D eigenvalue weighted by Crippen LogP contribution is -2.47. The van der Waals surface area contributed by atoms with Crippen LogP contribution in [0.1, 0.15) is 33.6 Å². The molecule has 0 atom stereocenters. The summed E-state index contributed by atoms with van der Waals surface area (Å²) in [4.78, 5) is 22.6. The van der Waals surface area contributed by atoms with Crippen molar-refractivity contribution in [3.63, 3.8) is 0 Å². The minimum absolute atomic E-state index is 0.428. The van der Waals surface area contributed by atoms with E-state index in [1.165, 1.54) is 0 Å². The molecule has 4 nitrogen and oxygen atoms in total. The SMILES string of the molecule is CCC1C(=O)OC(C)(CC)OC1=O. The van der Waals surface area contributed by atoms with Crippen LogP contribution in [-0.2, 0) is 19.1 Å². The Hall–Kier alpha value is -1.06. The fourth-order valence-corrected chi connectivity index (χ4v) is 1.16. The van der Waals surface area contributed by atoms with Gasteiger partial charge in [-0.15, -0.1) is 0 Å². The predicted molar refractivity (Wildman–Crippen MR) is 44.7 cm³/mol. The topological polar surface area (TPSA) is 52.6 Å². The molecule has 1 aliphatic rings. The number of rotatable bonds is 2. The predicted octanol–water partition coefficient (Wildman–Crippen LogP) is 1.24. The summed E-state index contributed by atoms with van der Waals surface area (Å²) in [7, 11) is 0. The summed E-state index contributed by atoms with van der Waals surface area (Å²) in [6.07, 6.45) is 0.901. The maximum absolute atomic E-state index is 11.3. The average molecular weight is 186 g/mol. The highest BCUT2D eigenvalue weighted by Crippen LogP contribution is 2.27. The molecule has 0 aliphatic carbocycles. The van der Waals surface area contributed by atoms with Crippen molar-refractivity contribution in [1.29, 1.82) is 0 Å². The molecule has 0 saturated carbocycles. The van der Waals surface area contributed by atoms with Crippen LogP contribution in [0.2, 0.25) is 0 Å². The summed E-state index contributed by atoms with van der Waals surface area (Å²) in [5.74, 6) is -2.73. The fourth-order valence-electron chi connectivity index (χ4n) is 1.16. The molecule has 13 heavy (non-hydrogen) atoms. The minimum Gasteiger partial charge on any atom is -0.422 e. The van der Waals surface area contributed by atoms with Crippen molar-refractivity contribution in [2.75, 3.05) is 0 Å². The quantitative estimate of drug-likeness (QED) is 0.481. The number of esters is 2. The summed E-state index contributed by atoms with van der Waals surface area (Å²) in [6, 6.07) is 0. The summed E-state index contributed by atoms with van der Waals surface area (Å²) in [5.41, 5.74) is 0. The van der Waals surface area contributed by atoms with Gasteiger partial charge in [0.25, 0.3) is 5.79 Å². The van der Waals surface area contributed by atoms with Gasteiger partial charge < -0.3 is 9.47 Å². The van der Waals surface area contributed by atoms with Crippen LogP contribution in [0.25, 0.3) is 0 Å². The van der Waals surface area contributed by atoms with E-state index < -0.39 is 23.6 Å². The lowest BCUT2D eigenvalue weighted by molar-refractivity contribution is -0.246. The molecule has 74 valence electrons. The van der Waals surface area contributed by atoms with E-state index in [0.717, 1.165) is 0 Å². The van der Waals surface area contributed by atoms with E-state index in [1.807, 2.05) is 0 Å². The van der Waals surface area contributed by atoms with E-state index in [1.54, 1.807) is 20.8 Å². The van der Waals surface area contributed by atoms with Crippen LogP contribution in [0, 0.1) is 5.92 Å². The van der Waals surface area contributed by atoms with Crippen molar-refractivity contribution in [1.82, 2.24) is 0 Å². The highest BCUT2D eigenvalue weighted by Gasteiger charge is 2.43. The molecule has 0 aromatic heterocycles. The summed E-state index contributed by atoms with van der Waals surface area (Å²) in [5, 5.41) is 0. The second-order valence-corrected chi connectivity index (χ2v) is 3.29. The van der Waals surface area contributed by atoms with Crippen molar-refractivity contribution >= 4 is 11.9 Å². The van der Waals surface area contributed by atoms with Crippen LogP contribution in [0.3, 0.4) is 0 Å². The van der Waals surface area contributed by atoms with Gasteiger partial charge in [-0.05, 0) is 6.42 Å². The zero-order valence-electron chi connectivity index (χ0n) is 8.12. The Bertz CT molecular complexity index is 216. The van der Waals surface area contributed by atoms with Gasteiger partial charge in [0, 0.05) is 13.3 Å². The van der Waals surface area contributed by atoms with Crippen LogP contribution in [0.4, 0.5) is 0 Å². The number of hydrogen-bond donors (Lipinski definition) is 0.